The van der Waals surface area contributed by atoms with Crippen molar-refractivity contribution in [2.24, 2.45) is 0 Å². The molecule has 0 unspecified atom stereocenters. The molecule has 0 aliphatic carbocycles. The van der Waals surface area contributed by atoms with Crippen LogP contribution in [0.5, 0.6) is 0 Å². The lowest BCUT2D eigenvalue weighted by Crippen LogP contribution is -2.17. The van der Waals surface area contributed by atoms with Gasteiger partial charge in [0.2, 0.25) is 10.0 Å². The zero-order valence-electron chi connectivity index (χ0n) is 7.07. The normalized spacial score (nSPS) is 11.3. The topological polar surface area (TPSA) is 59.1 Å². The van der Waals surface area contributed by atoms with Crippen LogP contribution in [0.15, 0.2) is 18.5 Å². The molecule has 0 atom stereocenters. The molecule has 0 radical (unpaired) electrons. The second-order valence-corrected chi connectivity index (χ2v) is 4.72. The van der Waals surface area contributed by atoms with Crippen molar-refractivity contribution in [3.8, 4) is 0 Å². The number of aromatic nitrogens is 1. The van der Waals surface area contributed by atoms with Crippen LogP contribution in [-0.2, 0) is 10.0 Å². The molecular weight excluding hydrogens is 231 g/mol. The molecule has 1 rings (SSSR count). The molecule has 1 heterocycles. The zero-order valence-corrected chi connectivity index (χ0v) is 8.65. The van der Waals surface area contributed by atoms with Crippen molar-refractivity contribution in [1.29, 1.82) is 0 Å². The van der Waals surface area contributed by atoms with E-state index >= 15 is 0 Å². The van der Waals surface area contributed by atoms with Crippen molar-refractivity contribution < 1.29 is 12.8 Å². The number of alkyl halides is 1. The van der Waals surface area contributed by atoms with E-state index in [0.717, 1.165) is 12.3 Å². The molecule has 0 saturated carbocycles. The smallest absolute Gasteiger partial charge is 0.233 e. The fourth-order valence-electron chi connectivity index (χ4n) is 0.800. The Morgan fingerprint density at radius 2 is 2.21 bits per heavy atom. The summed E-state index contributed by atoms with van der Waals surface area (Å²) >= 11 is 5.27. The maximum Gasteiger partial charge on any atom is 0.233 e. The van der Waals surface area contributed by atoms with Gasteiger partial charge >= 0.3 is 0 Å². The summed E-state index contributed by atoms with van der Waals surface area (Å²) < 4.78 is 37.1. The third kappa shape index (κ3) is 3.47. The van der Waals surface area contributed by atoms with Crippen molar-refractivity contribution >= 4 is 27.3 Å². The molecule has 7 heteroatoms. The van der Waals surface area contributed by atoms with Crippen molar-refractivity contribution in [3.63, 3.8) is 0 Å². The third-order valence-electron chi connectivity index (χ3n) is 1.32. The molecule has 0 fully saturated rings. The van der Waals surface area contributed by atoms with Crippen LogP contribution in [0, 0.1) is 5.82 Å². The number of rotatable bonds is 4. The Morgan fingerprint density at radius 3 is 2.79 bits per heavy atom. The molecule has 1 aromatic rings. The highest BCUT2D eigenvalue weighted by Gasteiger charge is 2.09. The van der Waals surface area contributed by atoms with E-state index in [1.54, 1.807) is 0 Å². The number of sulfonamides is 1. The van der Waals surface area contributed by atoms with Gasteiger partial charge in [-0.05, 0) is 0 Å². The molecule has 78 valence electrons. The largest absolute Gasteiger partial charge is 0.282 e. The second-order valence-electron chi connectivity index (χ2n) is 2.50. The van der Waals surface area contributed by atoms with Crippen molar-refractivity contribution in [2.75, 3.05) is 16.4 Å². The summed E-state index contributed by atoms with van der Waals surface area (Å²) in [6.45, 7) is 0. The Morgan fingerprint density at radius 1 is 1.50 bits per heavy atom. The van der Waals surface area contributed by atoms with Crippen LogP contribution in [0.4, 0.5) is 10.1 Å². The molecule has 0 saturated heterocycles. The first-order valence-electron chi connectivity index (χ1n) is 3.70. The summed E-state index contributed by atoms with van der Waals surface area (Å²) in [4.78, 5) is 3.49. The molecule has 1 aromatic heterocycles. The predicted molar refractivity (Wildman–Crippen MR) is 52.3 cm³/mol. The van der Waals surface area contributed by atoms with E-state index in [1.807, 2.05) is 0 Å². The van der Waals surface area contributed by atoms with E-state index < -0.39 is 15.8 Å². The van der Waals surface area contributed by atoms with E-state index in [4.69, 9.17) is 11.6 Å². The summed E-state index contributed by atoms with van der Waals surface area (Å²) in [5.74, 6) is -0.834. The van der Waals surface area contributed by atoms with Gasteiger partial charge in [0.15, 0.2) is 0 Å². The highest BCUT2D eigenvalue weighted by Crippen LogP contribution is 2.09. The van der Waals surface area contributed by atoms with Crippen LogP contribution < -0.4 is 4.72 Å². The van der Waals surface area contributed by atoms with Crippen molar-refractivity contribution in [3.05, 3.63) is 24.3 Å². The van der Waals surface area contributed by atoms with E-state index in [1.165, 1.54) is 6.20 Å². The van der Waals surface area contributed by atoms with Gasteiger partial charge in [-0.3, -0.25) is 9.71 Å². The SMILES string of the molecule is O=S(=O)(CCCl)Nc1cncc(F)c1. The Kier molecular flexibility index (Phi) is 3.65. The van der Waals surface area contributed by atoms with Crippen LogP contribution in [0.25, 0.3) is 0 Å². The highest BCUT2D eigenvalue weighted by molar-refractivity contribution is 7.92. The Labute approximate surface area is 86.2 Å². The lowest BCUT2D eigenvalue weighted by Gasteiger charge is -2.05. The first-order chi connectivity index (χ1) is 6.53. The molecule has 0 bridgehead atoms. The fourth-order valence-corrected chi connectivity index (χ4v) is 2.19. The Bertz CT molecular complexity index is 410. The standard InChI is InChI=1S/C7H8ClFN2O2S/c8-1-2-14(12,13)11-7-3-6(9)4-10-5-7/h3-5,11H,1-2H2. The molecule has 0 amide bonds. The Balaban J connectivity index is 2.79. The van der Waals surface area contributed by atoms with Crippen molar-refractivity contribution in [1.82, 2.24) is 4.98 Å². The van der Waals surface area contributed by atoms with Gasteiger partial charge in [-0.15, -0.1) is 11.6 Å². The number of hydrogen-bond donors (Lipinski definition) is 1. The van der Waals surface area contributed by atoms with E-state index in [0.29, 0.717) is 0 Å². The highest BCUT2D eigenvalue weighted by atomic mass is 35.5. The van der Waals surface area contributed by atoms with Crippen LogP contribution in [-0.4, -0.2) is 25.0 Å². The van der Waals surface area contributed by atoms with E-state index in [-0.39, 0.29) is 17.3 Å². The second kappa shape index (κ2) is 4.56. The average Bonchev–Trinajstić information content (AvgIpc) is 2.02. The van der Waals surface area contributed by atoms with Gasteiger partial charge in [0, 0.05) is 11.9 Å². The zero-order chi connectivity index (χ0) is 10.6. The summed E-state index contributed by atoms with van der Waals surface area (Å²) in [5.41, 5.74) is 0.0927. The summed E-state index contributed by atoms with van der Waals surface area (Å²) in [7, 11) is -3.49. The fraction of sp³-hybridized carbons (Fsp3) is 0.286. The molecule has 4 nitrogen and oxygen atoms in total. The number of anilines is 1. The van der Waals surface area contributed by atoms with Gasteiger partial charge in [0.1, 0.15) is 5.82 Å². The maximum absolute atomic E-state index is 12.6. The Hall–Kier alpha value is -0.880. The van der Waals surface area contributed by atoms with E-state index in [9.17, 15) is 12.8 Å². The molecule has 0 aliphatic heterocycles. The maximum atomic E-state index is 12.6. The van der Waals surface area contributed by atoms with E-state index in [2.05, 4.69) is 9.71 Å². The quantitative estimate of drug-likeness (QED) is 0.802. The molecule has 0 spiro atoms. The van der Waals surface area contributed by atoms with Gasteiger partial charge in [-0.2, -0.15) is 0 Å². The average molecular weight is 239 g/mol. The molecular formula is C7H8ClFN2O2S. The molecule has 14 heavy (non-hydrogen) atoms. The van der Waals surface area contributed by atoms with Crippen LogP contribution >= 0.6 is 11.6 Å². The monoisotopic (exact) mass is 238 g/mol. The van der Waals surface area contributed by atoms with Gasteiger partial charge in [0.25, 0.3) is 0 Å². The number of nitrogens with one attached hydrogen (secondary N) is 1. The number of hydrogen-bond acceptors (Lipinski definition) is 3. The van der Waals surface area contributed by atoms with Gasteiger partial charge in [-0.1, -0.05) is 0 Å². The molecule has 1 N–H and O–H groups in total. The van der Waals surface area contributed by atoms with Gasteiger partial charge in [-0.25, -0.2) is 12.8 Å². The minimum atomic E-state index is -3.49. The first kappa shape index (κ1) is 11.2. The lowest BCUT2D eigenvalue weighted by atomic mass is 10.4. The van der Waals surface area contributed by atoms with Crippen LogP contribution in [0.3, 0.4) is 0 Å². The minimum absolute atomic E-state index is 0.0158. The third-order valence-corrected chi connectivity index (χ3v) is 3.03. The molecule has 0 aliphatic rings. The number of pyridine rings is 1. The molecule has 0 aromatic carbocycles. The lowest BCUT2D eigenvalue weighted by molar-refractivity contribution is 0.602. The van der Waals surface area contributed by atoms with Crippen molar-refractivity contribution in [2.45, 2.75) is 0 Å². The first-order valence-corrected chi connectivity index (χ1v) is 5.89. The summed E-state index contributed by atoms with van der Waals surface area (Å²) in [6, 6.07) is 1.04. The number of halogens is 2. The predicted octanol–water partition coefficient (Wildman–Crippen LogP) is 1.20. The summed E-state index contributed by atoms with van der Waals surface area (Å²) in [6.07, 6.45) is 2.20. The number of nitrogens with zero attached hydrogens (tertiary/aromatic N) is 1. The minimum Gasteiger partial charge on any atom is -0.282 e. The van der Waals surface area contributed by atoms with Gasteiger partial charge < -0.3 is 0 Å². The van der Waals surface area contributed by atoms with Gasteiger partial charge in [0.05, 0.1) is 23.8 Å². The summed E-state index contributed by atoms with van der Waals surface area (Å²) in [5, 5.41) is 0. The van der Waals surface area contributed by atoms with Crippen LogP contribution in [0.2, 0.25) is 0 Å². The van der Waals surface area contributed by atoms with Crippen LogP contribution in [0.1, 0.15) is 0 Å².